The highest BCUT2D eigenvalue weighted by atomic mass is 16.5. The summed E-state index contributed by atoms with van der Waals surface area (Å²) in [5, 5.41) is 3.07. The summed E-state index contributed by atoms with van der Waals surface area (Å²) in [5.41, 5.74) is 0. The van der Waals surface area contributed by atoms with Crippen LogP contribution in [0.4, 0.5) is 0 Å². The summed E-state index contributed by atoms with van der Waals surface area (Å²) < 4.78 is 5.56. The third-order valence-corrected chi connectivity index (χ3v) is 3.32. The third-order valence-electron chi connectivity index (χ3n) is 3.32. The molecule has 4 nitrogen and oxygen atoms in total. The summed E-state index contributed by atoms with van der Waals surface area (Å²) in [7, 11) is 2.08. The van der Waals surface area contributed by atoms with Crippen LogP contribution < -0.4 is 10.1 Å². The van der Waals surface area contributed by atoms with Gasteiger partial charge in [0.05, 0.1) is 6.61 Å². The van der Waals surface area contributed by atoms with Crippen molar-refractivity contribution in [2.24, 2.45) is 0 Å². The molecule has 0 aliphatic carbocycles. The van der Waals surface area contributed by atoms with Crippen molar-refractivity contribution in [3.8, 4) is 5.75 Å². The van der Waals surface area contributed by atoms with Gasteiger partial charge in [0, 0.05) is 19.0 Å². The van der Waals surface area contributed by atoms with Gasteiger partial charge < -0.3 is 15.0 Å². The molecule has 0 saturated carbocycles. The fraction of sp³-hybridized carbons (Fsp3) is 0.533. The van der Waals surface area contributed by atoms with Crippen LogP contribution in [-0.2, 0) is 4.79 Å². The Kier molecular flexibility index (Phi) is 5.21. The molecular weight excluding hydrogens is 240 g/mol. The Hall–Kier alpha value is -1.55. The number of amides is 1. The van der Waals surface area contributed by atoms with Gasteiger partial charge in [0.15, 0.2) is 0 Å². The van der Waals surface area contributed by atoms with E-state index in [4.69, 9.17) is 4.74 Å². The van der Waals surface area contributed by atoms with Crippen molar-refractivity contribution in [3.05, 3.63) is 30.3 Å². The molecule has 1 saturated heterocycles. The topological polar surface area (TPSA) is 41.6 Å². The maximum absolute atomic E-state index is 11.7. The lowest BCUT2D eigenvalue weighted by atomic mass is 10.2. The number of hydrogen-bond acceptors (Lipinski definition) is 3. The van der Waals surface area contributed by atoms with Crippen LogP contribution in [0.3, 0.4) is 0 Å². The van der Waals surface area contributed by atoms with Crippen molar-refractivity contribution in [2.75, 3.05) is 26.7 Å². The van der Waals surface area contributed by atoms with Gasteiger partial charge in [-0.05, 0) is 38.6 Å². The second-order valence-electron chi connectivity index (χ2n) is 5.08. The van der Waals surface area contributed by atoms with Crippen LogP contribution in [0.2, 0.25) is 0 Å². The van der Waals surface area contributed by atoms with Crippen LogP contribution in [-0.4, -0.2) is 43.6 Å². The summed E-state index contributed by atoms with van der Waals surface area (Å²) in [6.45, 7) is 2.62. The summed E-state index contributed by atoms with van der Waals surface area (Å²) in [6, 6.07) is 10.0. The molecule has 1 heterocycles. The van der Waals surface area contributed by atoms with Gasteiger partial charge >= 0.3 is 0 Å². The van der Waals surface area contributed by atoms with Gasteiger partial charge in [-0.25, -0.2) is 0 Å². The Labute approximate surface area is 114 Å². The molecule has 2 rings (SSSR count). The van der Waals surface area contributed by atoms with E-state index in [2.05, 4.69) is 17.3 Å². The fourth-order valence-electron chi connectivity index (χ4n) is 2.29. The number of rotatable bonds is 6. The molecule has 1 aromatic rings. The molecule has 1 atom stereocenters. The number of nitrogens with zero attached hydrogens (tertiary/aromatic N) is 1. The lowest BCUT2D eigenvalue weighted by Gasteiger charge is -2.12. The van der Waals surface area contributed by atoms with Gasteiger partial charge in [-0.3, -0.25) is 4.79 Å². The SMILES string of the molecule is CN1CCC(NC(=O)CCCOc2ccccc2)C1. The van der Waals surface area contributed by atoms with Gasteiger partial charge in [-0.2, -0.15) is 0 Å². The van der Waals surface area contributed by atoms with E-state index in [0.29, 0.717) is 19.1 Å². The number of likely N-dealkylation sites (tertiary alicyclic amines) is 1. The molecule has 1 unspecified atom stereocenters. The Morgan fingerprint density at radius 3 is 2.89 bits per heavy atom. The highest BCUT2D eigenvalue weighted by Crippen LogP contribution is 2.09. The van der Waals surface area contributed by atoms with Crippen LogP contribution in [0.15, 0.2) is 30.3 Å². The summed E-state index contributed by atoms with van der Waals surface area (Å²) in [5.74, 6) is 0.997. The normalized spacial score (nSPS) is 19.3. The summed E-state index contributed by atoms with van der Waals surface area (Å²) in [4.78, 5) is 14.0. The predicted octanol–water partition coefficient (Wildman–Crippen LogP) is 1.67. The third kappa shape index (κ3) is 4.91. The molecule has 1 fully saturated rings. The first kappa shape index (κ1) is 13.9. The second-order valence-corrected chi connectivity index (χ2v) is 5.08. The van der Waals surface area contributed by atoms with Gasteiger partial charge in [0.2, 0.25) is 5.91 Å². The Bertz CT molecular complexity index is 394. The van der Waals surface area contributed by atoms with E-state index in [1.165, 1.54) is 0 Å². The smallest absolute Gasteiger partial charge is 0.220 e. The number of likely N-dealkylation sites (N-methyl/N-ethyl adjacent to an activating group) is 1. The molecule has 104 valence electrons. The van der Waals surface area contributed by atoms with E-state index in [9.17, 15) is 4.79 Å². The molecule has 0 spiro atoms. The van der Waals surface area contributed by atoms with Crippen LogP contribution >= 0.6 is 0 Å². The van der Waals surface area contributed by atoms with Crippen LogP contribution in [0.1, 0.15) is 19.3 Å². The number of carbonyl (C=O) groups is 1. The first-order valence-electron chi connectivity index (χ1n) is 6.90. The summed E-state index contributed by atoms with van der Waals surface area (Å²) in [6.07, 6.45) is 2.35. The van der Waals surface area contributed by atoms with E-state index in [-0.39, 0.29) is 5.91 Å². The zero-order chi connectivity index (χ0) is 13.5. The van der Waals surface area contributed by atoms with Crippen LogP contribution in [0.5, 0.6) is 5.75 Å². The molecule has 4 heteroatoms. The number of benzene rings is 1. The number of para-hydroxylation sites is 1. The quantitative estimate of drug-likeness (QED) is 0.793. The van der Waals surface area contributed by atoms with Crippen molar-refractivity contribution < 1.29 is 9.53 Å². The lowest BCUT2D eigenvalue weighted by molar-refractivity contribution is -0.121. The average molecular weight is 262 g/mol. The van der Waals surface area contributed by atoms with E-state index >= 15 is 0 Å². The first-order valence-corrected chi connectivity index (χ1v) is 6.90. The van der Waals surface area contributed by atoms with Crippen molar-refractivity contribution in [1.29, 1.82) is 0 Å². The van der Waals surface area contributed by atoms with Crippen molar-refractivity contribution in [3.63, 3.8) is 0 Å². The number of nitrogens with one attached hydrogen (secondary N) is 1. The lowest BCUT2D eigenvalue weighted by Crippen LogP contribution is -2.36. The van der Waals surface area contributed by atoms with Gasteiger partial charge in [0.1, 0.15) is 5.75 Å². The van der Waals surface area contributed by atoms with E-state index in [0.717, 1.165) is 31.7 Å². The zero-order valence-electron chi connectivity index (χ0n) is 11.5. The maximum Gasteiger partial charge on any atom is 0.220 e. The molecule has 19 heavy (non-hydrogen) atoms. The Morgan fingerprint density at radius 2 is 2.21 bits per heavy atom. The summed E-state index contributed by atoms with van der Waals surface area (Å²) >= 11 is 0. The van der Waals surface area contributed by atoms with Crippen LogP contribution in [0, 0.1) is 0 Å². The molecule has 0 aromatic heterocycles. The molecule has 0 radical (unpaired) electrons. The van der Waals surface area contributed by atoms with Gasteiger partial charge in [0.25, 0.3) is 0 Å². The number of ether oxygens (including phenoxy) is 1. The molecule has 1 N–H and O–H groups in total. The monoisotopic (exact) mass is 262 g/mol. The standard InChI is InChI=1S/C15H22N2O2/c1-17-10-9-13(12-17)16-15(18)8-5-11-19-14-6-3-2-4-7-14/h2-4,6-7,13H,5,8-12H2,1H3,(H,16,18). The maximum atomic E-state index is 11.7. The minimum absolute atomic E-state index is 0.136. The van der Waals surface area contributed by atoms with Gasteiger partial charge in [-0.15, -0.1) is 0 Å². The van der Waals surface area contributed by atoms with Crippen molar-refractivity contribution in [1.82, 2.24) is 10.2 Å². The molecule has 0 bridgehead atoms. The van der Waals surface area contributed by atoms with Gasteiger partial charge in [-0.1, -0.05) is 18.2 Å². The van der Waals surface area contributed by atoms with E-state index < -0.39 is 0 Å². The molecule has 1 aromatic carbocycles. The Morgan fingerprint density at radius 1 is 1.42 bits per heavy atom. The minimum atomic E-state index is 0.136. The largest absolute Gasteiger partial charge is 0.494 e. The fourth-order valence-corrected chi connectivity index (χ4v) is 2.29. The van der Waals surface area contributed by atoms with Crippen molar-refractivity contribution in [2.45, 2.75) is 25.3 Å². The predicted molar refractivity (Wildman–Crippen MR) is 75.2 cm³/mol. The number of carbonyl (C=O) groups excluding carboxylic acids is 1. The first-order chi connectivity index (χ1) is 9.24. The van der Waals surface area contributed by atoms with Crippen LogP contribution in [0.25, 0.3) is 0 Å². The van der Waals surface area contributed by atoms with E-state index in [1.807, 2.05) is 30.3 Å². The zero-order valence-corrected chi connectivity index (χ0v) is 11.5. The second kappa shape index (κ2) is 7.14. The van der Waals surface area contributed by atoms with Crippen molar-refractivity contribution >= 4 is 5.91 Å². The minimum Gasteiger partial charge on any atom is -0.494 e. The molecule has 1 aliphatic rings. The molecular formula is C15H22N2O2. The average Bonchev–Trinajstić information content (AvgIpc) is 2.81. The Balaban J connectivity index is 1.57. The number of hydrogen-bond donors (Lipinski definition) is 1. The highest BCUT2D eigenvalue weighted by molar-refractivity contribution is 5.76. The van der Waals surface area contributed by atoms with E-state index in [1.54, 1.807) is 0 Å². The molecule has 1 amide bonds. The highest BCUT2D eigenvalue weighted by Gasteiger charge is 2.20. The molecule has 1 aliphatic heterocycles.